The summed E-state index contributed by atoms with van der Waals surface area (Å²) in [6.07, 6.45) is 2.53. The second kappa shape index (κ2) is 9.19. The Bertz CT molecular complexity index is 879. The Morgan fingerprint density at radius 2 is 1.78 bits per heavy atom. The minimum atomic E-state index is -0.162. The summed E-state index contributed by atoms with van der Waals surface area (Å²) in [5, 5.41) is 6.12. The van der Waals surface area contributed by atoms with Crippen LogP contribution in [0.25, 0.3) is 0 Å². The van der Waals surface area contributed by atoms with Crippen LogP contribution in [0, 0.1) is 0 Å². The minimum absolute atomic E-state index is 0.162. The Morgan fingerprint density at radius 1 is 1.04 bits per heavy atom. The van der Waals surface area contributed by atoms with E-state index in [1.165, 1.54) is 5.56 Å². The third kappa shape index (κ3) is 5.56. The predicted molar refractivity (Wildman–Crippen MR) is 112 cm³/mol. The lowest BCUT2D eigenvalue weighted by molar-refractivity contribution is 0.102. The first-order valence-corrected chi connectivity index (χ1v) is 9.33. The molecule has 0 fully saturated rings. The Morgan fingerprint density at radius 3 is 2.41 bits per heavy atom. The van der Waals surface area contributed by atoms with Crippen LogP contribution in [0.2, 0.25) is 0 Å². The zero-order chi connectivity index (χ0) is 19.1. The Labute approximate surface area is 166 Å². The van der Waals surface area contributed by atoms with Gasteiger partial charge in [-0.05, 0) is 60.5 Å². The van der Waals surface area contributed by atoms with Gasteiger partial charge in [-0.15, -0.1) is 0 Å². The van der Waals surface area contributed by atoms with Crippen LogP contribution in [0.5, 0.6) is 5.75 Å². The maximum absolute atomic E-state index is 12.2. The van der Waals surface area contributed by atoms with E-state index in [0.29, 0.717) is 11.3 Å². The van der Waals surface area contributed by atoms with Gasteiger partial charge < -0.3 is 15.4 Å². The largest absolute Gasteiger partial charge is 0.497 e. The molecule has 0 aliphatic heterocycles. The number of halogens is 1. The van der Waals surface area contributed by atoms with Crippen molar-refractivity contribution >= 4 is 33.3 Å². The summed E-state index contributed by atoms with van der Waals surface area (Å²) in [6.45, 7) is 0.768. The molecule has 27 heavy (non-hydrogen) atoms. The van der Waals surface area contributed by atoms with E-state index in [9.17, 15) is 4.79 Å². The number of aromatic nitrogens is 1. The zero-order valence-corrected chi connectivity index (χ0v) is 16.5. The van der Waals surface area contributed by atoms with Gasteiger partial charge in [-0.2, -0.15) is 0 Å². The van der Waals surface area contributed by atoms with Gasteiger partial charge in [0.25, 0.3) is 5.91 Å². The number of ether oxygens (including phenoxy) is 1. The molecular formula is C21H20BrN3O2. The monoisotopic (exact) mass is 425 g/mol. The first-order valence-electron chi connectivity index (χ1n) is 8.54. The van der Waals surface area contributed by atoms with Crippen molar-refractivity contribution in [2.45, 2.75) is 6.42 Å². The molecular weight excluding hydrogens is 406 g/mol. The van der Waals surface area contributed by atoms with Gasteiger partial charge in [0.05, 0.1) is 19.0 Å². The SMILES string of the molecule is COc1ccc(CCNc2ccc(NC(=O)c3ccc(Br)cc3)cn2)cc1. The molecule has 0 radical (unpaired) electrons. The maximum Gasteiger partial charge on any atom is 0.255 e. The van der Waals surface area contributed by atoms with E-state index in [1.54, 1.807) is 25.4 Å². The molecule has 0 saturated heterocycles. The van der Waals surface area contributed by atoms with Crippen molar-refractivity contribution in [1.82, 2.24) is 4.98 Å². The lowest BCUT2D eigenvalue weighted by Crippen LogP contribution is -2.12. The van der Waals surface area contributed by atoms with Crippen LogP contribution in [0.4, 0.5) is 11.5 Å². The average Bonchev–Trinajstić information content (AvgIpc) is 2.70. The van der Waals surface area contributed by atoms with Gasteiger partial charge >= 0.3 is 0 Å². The van der Waals surface area contributed by atoms with Gasteiger partial charge in [0, 0.05) is 16.6 Å². The number of pyridine rings is 1. The van der Waals surface area contributed by atoms with Gasteiger partial charge in [0.2, 0.25) is 0 Å². The van der Waals surface area contributed by atoms with Crippen molar-refractivity contribution < 1.29 is 9.53 Å². The normalized spacial score (nSPS) is 10.3. The van der Waals surface area contributed by atoms with Crippen LogP contribution >= 0.6 is 15.9 Å². The van der Waals surface area contributed by atoms with Crippen LogP contribution in [0.15, 0.2) is 71.3 Å². The number of carbonyl (C=O) groups is 1. The van der Waals surface area contributed by atoms with E-state index in [1.807, 2.05) is 36.4 Å². The van der Waals surface area contributed by atoms with Gasteiger partial charge in [-0.25, -0.2) is 4.98 Å². The predicted octanol–water partition coefficient (Wildman–Crippen LogP) is 4.76. The highest BCUT2D eigenvalue weighted by molar-refractivity contribution is 9.10. The number of rotatable bonds is 7. The van der Waals surface area contributed by atoms with Crippen molar-refractivity contribution in [2.75, 3.05) is 24.3 Å². The third-order valence-electron chi connectivity index (χ3n) is 4.01. The molecule has 1 aromatic heterocycles. The first-order chi connectivity index (χ1) is 13.1. The van der Waals surface area contributed by atoms with E-state index in [4.69, 9.17) is 4.74 Å². The van der Waals surface area contributed by atoms with Crippen molar-refractivity contribution in [3.8, 4) is 5.75 Å². The molecule has 3 rings (SSSR count). The average molecular weight is 426 g/mol. The molecule has 5 nitrogen and oxygen atoms in total. The van der Waals surface area contributed by atoms with Gasteiger partial charge in [-0.1, -0.05) is 28.1 Å². The quantitative estimate of drug-likeness (QED) is 0.572. The standard InChI is InChI=1S/C21H20BrN3O2/c1-27-19-9-2-15(3-10-19)12-13-23-20-11-8-18(14-24-20)25-21(26)16-4-6-17(22)7-5-16/h2-11,14H,12-13H2,1H3,(H,23,24)(H,25,26). The highest BCUT2D eigenvalue weighted by atomic mass is 79.9. The molecule has 138 valence electrons. The molecule has 0 spiro atoms. The summed E-state index contributed by atoms with van der Waals surface area (Å²) >= 11 is 3.36. The molecule has 3 aromatic rings. The molecule has 1 amide bonds. The van der Waals surface area contributed by atoms with Crippen LogP contribution in [0.3, 0.4) is 0 Å². The summed E-state index contributed by atoms with van der Waals surface area (Å²) in [7, 11) is 1.66. The number of hydrogen-bond donors (Lipinski definition) is 2. The van der Waals surface area contributed by atoms with Crippen LogP contribution in [-0.2, 0) is 6.42 Å². The van der Waals surface area contributed by atoms with Crippen LogP contribution in [0.1, 0.15) is 15.9 Å². The second-order valence-electron chi connectivity index (χ2n) is 5.92. The van der Waals surface area contributed by atoms with Crippen LogP contribution < -0.4 is 15.4 Å². The summed E-state index contributed by atoms with van der Waals surface area (Å²) in [5.41, 5.74) is 2.48. The summed E-state index contributed by atoms with van der Waals surface area (Å²) < 4.78 is 6.09. The number of nitrogens with zero attached hydrogens (tertiary/aromatic N) is 1. The molecule has 0 unspecified atom stereocenters. The zero-order valence-electron chi connectivity index (χ0n) is 14.9. The van der Waals surface area contributed by atoms with Gasteiger partial charge in [0.1, 0.15) is 11.6 Å². The minimum Gasteiger partial charge on any atom is -0.497 e. The number of nitrogens with one attached hydrogen (secondary N) is 2. The lowest BCUT2D eigenvalue weighted by atomic mass is 10.1. The fourth-order valence-electron chi connectivity index (χ4n) is 2.50. The van der Waals surface area contributed by atoms with Crippen molar-refractivity contribution in [3.63, 3.8) is 0 Å². The number of amides is 1. The molecule has 0 atom stereocenters. The number of carbonyl (C=O) groups excluding carboxylic acids is 1. The van der Waals surface area contributed by atoms with E-state index in [2.05, 4.69) is 43.7 Å². The van der Waals surface area contributed by atoms with Crippen molar-refractivity contribution in [2.24, 2.45) is 0 Å². The smallest absolute Gasteiger partial charge is 0.255 e. The molecule has 0 aliphatic carbocycles. The molecule has 0 aliphatic rings. The van der Waals surface area contributed by atoms with E-state index in [-0.39, 0.29) is 5.91 Å². The van der Waals surface area contributed by atoms with E-state index in [0.717, 1.165) is 29.0 Å². The number of methoxy groups -OCH3 is 1. The molecule has 1 heterocycles. The van der Waals surface area contributed by atoms with Gasteiger partial charge in [0.15, 0.2) is 0 Å². The molecule has 2 aromatic carbocycles. The lowest BCUT2D eigenvalue weighted by Gasteiger charge is -2.08. The summed E-state index contributed by atoms with van der Waals surface area (Å²) in [4.78, 5) is 16.6. The van der Waals surface area contributed by atoms with Gasteiger partial charge in [-0.3, -0.25) is 4.79 Å². The third-order valence-corrected chi connectivity index (χ3v) is 4.54. The second-order valence-corrected chi connectivity index (χ2v) is 6.83. The van der Waals surface area contributed by atoms with E-state index < -0.39 is 0 Å². The molecule has 2 N–H and O–H groups in total. The van der Waals surface area contributed by atoms with Crippen molar-refractivity contribution in [3.05, 3.63) is 82.5 Å². The highest BCUT2D eigenvalue weighted by Crippen LogP contribution is 2.15. The Hall–Kier alpha value is -2.86. The number of hydrogen-bond acceptors (Lipinski definition) is 4. The topological polar surface area (TPSA) is 63.2 Å². The summed E-state index contributed by atoms with van der Waals surface area (Å²) in [5.74, 6) is 1.46. The molecule has 0 bridgehead atoms. The van der Waals surface area contributed by atoms with Crippen LogP contribution in [-0.4, -0.2) is 24.5 Å². The summed E-state index contributed by atoms with van der Waals surface area (Å²) in [6, 6.07) is 18.9. The first kappa shape index (κ1) is 18.9. The van der Waals surface area contributed by atoms with Crippen molar-refractivity contribution in [1.29, 1.82) is 0 Å². The Kier molecular flexibility index (Phi) is 6.44. The fraction of sp³-hybridized carbons (Fsp3) is 0.143. The highest BCUT2D eigenvalue weighted by Gasteiger charge is 2.06. The van der Waals surface area contributed by atoms with E-state index >= 15 is 0 Å². The molecule has 6 heteroatoms. The number of benzene rings is 2. The number of anilines is 2. The molecule has 0 saturated carbocycles. The fourth-order valence-corrected chi connectivity index (χ4v) is 2.77. The Balaban J connectivity index is 1.49. The maximum atomic E-state index is 12.2.